The molecule has 0 aliphatic rings. The van der Waals surface area contributed by atoms with Crippen LogP contribution in [0.2, 0.25) is 0 Å². The molecule has 0 fully saturated rings. The Kier molecular flexibility index (Phi) is 6.50. The molecule has 0 aliphatic carbocycles. The average molecular weight is 278 g/mol. The summed E-state index contributed by atoms with van der Waals surface area (Å²) >= 11 is 0. The molecule has 3 nitrogen and oxygen atoms in total. The van der Waals surface area contributed by atoms with E-state index in [0.29, 0.717) is 11.3 Å². The summed E-state index contributed by atoms with van der Waals surface area (Å²) in [5.41, 5.74) is 7.53. The molecule has 1 atom stereocenters. The molecule has 3 heteroatoms. The number of hydrogen-bond acceptors (Lipinski definition) is 3. The van der Waals surface area contributed by atoms with E-state index in [1.165, 1.54) is 5.56 Å². The second-order valence-electron chi connectivity index (χ2n) is 6.91. The van der Waals surface area contributed by atoms with Crippen molar-refractivity contribution in [2.75, 3.05) is 27.2 Å². The summed E-state index contributed by atoms with van der Waals surface area (Å²) in [5, 5.41) is 0. The van der Waals surface area contributed by atoms with Crippen molar-refractivity contribution in [1.29, 1.82) is 0 Å². The van der Waals surface area contributed by atoms with Crippen LogP contribution in [-0.2, 0) is 6.54 Å². The van der Waals surface area contributed by atoms with Gasteiger partial charge in [0.15, 0.2) is 0 Å². The first-order valence-corrected chi connectivity index (χ1v) is 7.35. The van der Waals surface area contributed by atoms with Crippen LogP contribution < -0.4 is 10.5 Å². The molecule has 1 unspecified atom stereocenters. The van der Waals surface area contributed by atoms with Crippen LogP contribution in [0.5, 0.6) is 5.75 Å². The number of benzene rings is 1. The zero-order valence-corrected chi connectivity index (χ0v) is 13.6. The van der Waals surface area contributed by atoms with Crippen molar-refractivity contribution in [3.05, 3.63) is 29.8 Å². The standard InChI is InChI=1S/C17H30N2O/c1-17(2,3)10-15(11-18)13-19(4)12-14-7-6-8-16(9-14)20-5/h6-9,15H,10-13,18H2,1-5H3. The fourth-order valence-corrected chi connectivity index (χ4v) is 2.68. The predicted octanol–water partition coefficient (Wildman–Crippen LogP) is 3.14. The lowest BCUT2D eigenvalue weighted by molar-refractivity contribution is 0.216. The van der Waals surface area contributed by atoms with Crippen LogP contribution in [-0.4, -0.2) is 32.1 Å². The summed E-state index contributed by atoms with van der Waals surface area (Å²) < 4.78 is 5.27. The van der Waals surface area contributed by atoms with E-state index in [-0.39, 0.29) is 0 Å². The summed E-state index contributed by atoms with van der Waals surface area (Å²) in [6.07, 6.45) is 1.16. The number of rotatable bonds is 7. The van der Waals surface area contributed by atoms with Gasteiger partial charge in [0, 0.05) is 13.1 Å². The van der Waals surface area contributed by atoms with Crippen molar-refractivity contribution in [2.45, 2.75) is 33.7 Å². The molecular weight excluding hydrogens is 248 g/mol. The van der Waals surface area contributed by atoms with Gasteiger partial charge in [0.05, 0.1) is 7.11 Å². The Balaban J connectivity index is 2.54. The molecule has 0 heterocycles. The number of methoxy groups -OCH3 is 1. The lowest BCUT2D eigenvalue weighted by Gasteiger charge is -2.28. The number of nitrogens with two attached hydrogens (primary N) is 1. The van der Waals surface area contributed by atoms with Crippen LogP contribution in [0.1, 0.15) is 32.8 Å². The van der Waals surface area contributed by atoms with Crippen molar-refractivity contribution in [2.24, 2.45) is 17.1 Å². The van der Waals surface area contributed by atoms with Gasteiger partial charge in [-0.25, -0.2) is 0 Å². The van der Waals surface area contributed by atoms with Gasteiger partial charge in [-0.15, -0.1) is 0 Å². The minimum atomic E-state index is 0.334. The third-order valence-corrected chi connectivity index (χ3v) is 3.39. The molecule has 0 aromatic heterocycles. The lowest BCUT2D eigenvalue weighted by atomic mass is 9.84. The van der Waals surface area contributed by atoms with E-state index < -0.39 is 0 Å². The van der Waals surface area contributed by atoms with Gasteiger partial charge in [-0.2, -0.15) is 0 Å². The van der Waals surface area contributed by atoms with Gasteiger partial charge in [-0.3, -0.25) is 0 Å². The minimum Gasteiger partial charge on any atom is -0.497 e. The first-order valence-electron chi connectivity index (χ1n) is 7.35. The first-order chi connectivity index (χ1) is 9.34. The predicted molar refractivity (Wildman–Crippen MR) is 85.9 cm³/mol. The largest absolute Gasteiger partial charge is 0.497 e. The fraction of sp³-hybridized carbons (Fsp3) is 0.647. The zero-order chi connectivity index (χ0) is 15.2. The SMILES string of the molecule is COc1cccc(CN(C)CC(CN)CC(C)(C)C)c1. The Labute approximate surface area is 124 Å². The molecule has 0 saturated heterocycles. The van der Waals surface area contributed by atoms with Gasteiger partial charge >= 0.3 is 0 Å². The van der Waals surface area contributed by atoms with Crippen LogP contribution in [0.3, 0.4) is 0 Å². The van der Waals surface area contributed by atoms with Crippen LogP contribution in [0.15, 0.2) is 24.3 Å². The van der Waals surface area contributed by atoms with Crippen LogP contribution in [0.4, 0.5) is 0 Å². The van der Waals surface area contributed by atoms with Crippen molar-refractivity contribution in [1.82, 2.24) is 4.90 Å². The third kappa shape index (κ3) is 6.40. The molecule has 0 bridgehead atoms. The topological polar surface area (TPSA) is 38.5 Å². The summed E-state index contributed by atoms with van der Waals surface area (Å²) in [6.45, 7) is 9.54. The molecule has 1 rings (SSSR count). The van der Waals surface area contributed by atoms with Crippen LogP contribution in [0, 0.1) is 11.3 Å². The molecule has 0 amide bonds. The molecule has 0 saturated carbocycles. The maximum absolute atomic E-state index is 5.92. The smallest absolute Gasteiger partial charge is 0.119 e. The fourth-order valence-electron chi connectivity index (χ4n) is 2.68. The maximum atomic E-state index is 5.92. The normalized spacial score (nSPS) is 13.6. The quantitative estimate of drug-likeness (QED) is 0.832. The van der Waals surface area contributed by atoms with Gasteiger partial charge in [-0.1, -0.05) is 32.9 Å². The van der Waals surface area contributed by atoms with E-state index in [0.717, 1.165) is 31.8 Å². The molecule has 2 N–H and O–H groups in total. The van der Waals surface area contributed by atoms with Crippen molar-refractivity contribution >= 4 is 0 Å². The molecular formula is C17H30N2O. The average Bonchev–Trinajstić information content (AvgIpc) is 2.36. The molecule has 114 valence electrons. The van der Waals surface area contributed by atoms with Crippen LogP contribution in [0.25, 0.3) is 0 Å². The molecule has 20 heavy (non-hydrogen) atoms. The van der Waals surface area contributed by atoms with Crippen molar-refractivity contribution < 1.29 is 4.74 Å². The number of ether oxygens (including phenoxy) is 1. The van der Waals surface area contributed by atoms with E-state index in [4.69, 9.17) is 10.5 Å². The van der Waals surface area contributed by atoms with E-state index >= 15 is 0 Å². The summed E-state index contributed by atoms with van der Waals surface area (Å²) in [6, 6.07) is 8.25. The molecule has 1 aromatic carbocycles. The van der Waals surface area contributed by atoms with E-state index in [1.54, 1.807) is 7.11 Å². The Morgan fingerprint density at radius 1 is 1.30 bits per heavy atom. The lowest BCUT2D eigenvalue weighted by Crippen LogP contribution is -2.32. The van der Waals surface area contributed by atoms with E-state index in [1.807, 2.05) is 12.1 Å². The number of hydrogen-bond donors (Lipinski definition) is 1. The molecule has 1 aromatic rings. The first kappa shape index (κ1) is 17.0. The summed E-state index contributed by atoms with van der Waals surface area (Å²) in [5.74, 6) is 1.46. The highest BCUT2D eigenvalue weighted by Crippen LogP contribution is 2.24. The Bertz CT molecular complexity index is 398. The van der Waals surface area contributed by atoms with Crippen molar-refractivity contribution in [3.63, 3.8) is 0 Å². The van der Waals surface area contributed by atoms with Crippen molar-refractivity contribution in [3.8, 4) is 5.75 Å². The minimum absolute atomic E-state index is 0.334. The van der Waals surface area contributed by atoms with Gasteiger partial charge in [0.2, 0.25) is 0 Å². The Hall–Kier alpha value is -1.06. The highest BCUT2D eigenvalue weighted by molar-refractivity contribution is 5.28. The Morgan fingerprint density at radius 3 is 2.55 bits per heavy atom. The van der Waals surface area contributed by atoms with E-state index in [9.17, 15) is 0 Å². The Morgan fingerprint density at radius 2 is 2.00 bits per heavy atom. The zero-order valence-electron chi connectivity index (χ0n) is 13.6. The monoisotopic (exact) mass is 278 g/mol. The number of nitrogens with zero attached hydrogens (tertiary/aromatic N) is 1. The summed E-state index contributed by atoms with van der Waals surface area (Å²) in [4.78, 5) is 2.35. The van der Waals surface area contributed by atoms with Gasteiger partial charge < -0.3 is 15.4 Å². The van der Waals surface area contributed by atoms with Gasteiger partial charge in [0.1, 0.15) is 5.75 Å². The summed E-state index contributed by atoms with van der Waals surface area (Å²) in [7, 11) is 3.86. The second-order valence-corrected chi connectivity index (χ2v) is 6.91. The van der Waals surface area contributed by atoms with Crippen LogP contribution >= 0.6 is 0 Å². The maximum Gasteiger partial charge on any atom is 0.119 e. The highest BCUT2D eigenvalue weighted by Gasteiger charge is 2.19. The highest BCUT2D eigenvalue weighted by atomic mass is 16.5. The second kappa shape index (κ2) is 7.65. The van der Waals surface area contributed by atoms with E-state index in [2.05, 4.69) is 44.9 Å². The van der Waals surface area contributed by atoms with Gasteiger partial charge in [-0.05, 0) is 49.0 Å². The molecule has 0 aliphatic heterocycles. The molecule has 0 spiro atoms. The van der Waals surface area contributed by atoms with Gasteiger partial charge in [0.25, 0.3) is 0 Å². The molecule has 0 radical (unpaired) electrons. The third-order valence-electron chi connectivity index (χ3n) is 3.39.